The maximum absolute atomic E-state index is 11.5. The summed E-state index contributed by atoms with van der Waals surface area (Å²) in [4.78, 5) is 11.5. The molecule has 0 aliphatic carbocycles. The SMILES string of the molecule is COC(=O)c1ccc(C#N)c(CBr)c1OC. The Hall–Kier alpha value is -1.54. The molecule has 0 N–H and O–H groups in total. The number of rotatable bonds is 3. The van der Waals surface area contributed by atoms with Crippen LogP contribution in [0.3, 0.4) is 0 Å². The smallest absolute Gasteiger partial charge is 0.341 e. The summed E-state index contributed by atoms with van der Waals surface area (Å²) in [6.45, 7) is 0. The predicted octanol–water partition coefficient (Wildman–Crippen LogP) is 2.25. The number of carbonyl (C=O) groups is 1. The molecule has 0 aromatic heterocycles. The Morgan fingerprint density at radius 1 is 1.50 bits per heavy atom. The lowest BCUT2D eigenvalue weighted by Crippen LogP contribution is -2.06. The van der Waals surface area contributed by atoms with Crippen LogP contribution in [0.1, 0.15) is 21.5 Å². The average Bonchev–Trinajstić information content (AvgIpc) is 2.35. The van der Waals surface area contributed by atoms with Crippen LogP contribution in [0.5, 0.6) is 5.75 Å². The number of ether oxygens (including phenoxy) is 2. The van der Waals surface area contributed by atoms with Gasteiger partial charge in [-0.05, 0) is 12.1 Å². The van der Waals surface area contributed by atoms with E-state index in [0.29, 0.717) is 27.8 Å². The Labute approximate surface area is 102 Å². The van der Waals surface area contributed by atoms with Gasteiger partial charge < -0.3 is 9.47 Å². The molecule has 0 amide bonds. The van der Waals surface area contributed by atoms with Gasteiger partial charge in [-0.2, -0.15) is 5.26 Å². The van der Waals surface area contributed by atoms with Gasteiger partial charge in [-0.3, -0.25) is 0 Å². The molecule has 0 bridgehead atoms. The van der Waals surface area contributed by atoms with Gasteiger partial charge in [0.1, 0.15) is 11.3 Å². The van der Waals surface area contributed by atoms with Gasteiger partial charge in [-0.15, -0.1) is 0 Å². The van der Waals surface area contributed by atoms with Crippen molar-refractivity contribution in [3.63, 3.8) is 0 Å². The summed E-state index contributed by atoms with van der Waals surface area (Å²) in [6, 6.07) is 5.14. The average molecular weight is 284 g/mol. The lowest BCUT2D eigenvalue weighted by atomic mass is 10.0. The number of carbonyl (C=O) groups excluding carboxylic acids is 1. The number of methoxy groups -OCH3 is 2. The van der Waals surface area contributed by atoms with Gasteiger partial charge in [-0.25, -0.2) is 4.79 Å². The van der Waals surface area contributed by atoms with E-state index >= 15 is 0 Å². The molecule has 1 rings (SSSR count). The molecule has 0 atom stereocenters. The Morgan fingerprint density at radius 3 is 2.62 bits per heavy atom. The summed E-state index contributed by atoms with van der Waals surface area (Å²) in [5, 5.41) is 9.35. The third-order valence-electron chi connectivity index (χ3n) is 2.12. The van der Waals surface area contributed by atoms with Crippen molar-refractivity contribution in [1.82, 2.24) is 0 Å². The van der Waals surface area contributed by atoms with E-state index in [1.165, 1.54) is 20.3 Å². The fourth-order valence-corrected chi connectivity index (χ4v) is 1.93. The van der Waals surface area contributed by atoms with Crippen LogP contribution >= 0.6 is 15.9 Å². The second kappa shape index (κ2) is 5.52. The number of nitrogens with zero attached hydrogens (tertiary/aromatic N) is 1. The number of benzene rings is 1. The Kier molecular flexibility index (Phi) is 4.32. The van der Waals surface area contributed by atoms with Gasteiger partial charge in [0.25, 0.3) is 0 Å². The highest BCUT2D eigenvalue weighted by molar-refractivity contribution is 9.08. The molecule has 84 valence electrons. The monoisotopic (exact) mass is 283 g/mol. The zero-order chi connectivity index (χ0) is 12.1. The highest BCUT2D eigenvalue weighted by Gasteiger charge is 2.18. The number of hydrogen-bond acceptors (Lipinski definition) is 4. The second-order valence-corrected chi connectivity index (χ2v) is 3.47. The molecule has 0 aliphatic rings. The van der Waals surface area contributed by atoms with E-state index in [9.17, 15) is 4.79 Å². The van der Waals surface area contributed by atoms with Gasteiger partial charge in [0.05, 0.1) is 25.9 Å². The summed E-state index contributed by atoms with van der Waals surface area (Å²) in [5.41, 5.74) is 1.44. The molecule has 0 unspecified atom stereocenters. The molecule has 0 radical (unpaired) electrons. The molecule has 16 heavy (non-hydrogen) atoms. The van der Waals surface area contributed by atoms with E-state index < -0.39 is 5.97 Å². The topological polar surface area (TPSA) is 59.3 Å². The van der Waals surface area contributed by atoms with Crippen molar-refractivity contribution in [1.29, 1.82) is 5.26 Å². The molecule has 0 fully saturated rings. The standard InChI is InChI=1S/C11H10BrNO3/c1-15-10-8(11(14)16-2)4-3-7(6-13)9(10)5-12/h3-4H,5H2,1-2H3. The van der Waals surface area contributed by atoms with Crippen LogP contribution in [0.15, 0.2) is 12.1 Å². The van der Waals surface area contributed by atoms with E-state index in [4.69, 9.17) is 10.00 Å². The maximum atomic E-state index is 11.5. The van der Waals surface area contributed by atoms with Gasteiger partial charge in [0.15, 0.2) is 0 Å². The molecular formula is C11H10BrNO3. The van der Waals surface area contributed by atoms with Gasteiger partial charge in [-0.1, -0.05) is 15.9 Å². The minimum absolute atomic E-state index is 0.318. The molecule has 1 aromatic carbocycles. The van der Waals surface area contributed by atoms with E-state index in [1.54, 1.807) is 6.07 Å². The summed E-state index contributed by atoms with van der Waals surface area (Å²) < 4.78 is 9.79. The van der Waals surface area contributed by atoms with Crippen molar-refractivity contribution in [2.45, 2.75) is 5.33 Å². The largest absolute Gasteiger partial charge is 0.495 e. The molecule has 0 saturated heterocycles. The van der Waals surface area contributed by atoms with Crippen molar-refractivity contribution < 1.29 is 14.3 Å². The van der Waals surface area contributed by atoms with E-state index in [1.807, 2.05) is 6.07 Å². The molecule has 0 spiro atoms. The summed E-state index contributed by atoms with van der Waals surface area (Å²) in [6.07, 6.45) is 0. The van der Waals surface area contributed by atoms with E-state index in [2.05, 4.69) is 20.7 Å². The van der Waals surface area contributed by atoms with Crippen LogP contribution in [0.25, 0.3) is 0 Å². The van der Waals surface area contributed by atoms with E-state index in [-0.39, 0.29) is 0 Å². The number of esters is 1. The number of hydrogen-bond donors (Lipinski definition) is 0. The first-order chi connectivity index (χ1) is 7.69. The minimum atomic E-state index is -0.483. The second-order valence-electron chi connectivity index (χ2n) is 2.91. The molecule has 0 aliphatic heterocycles. The van der Waals surface area contributed by atoms with Crippen LogP contribution in [0.2, 0.25) is 0 Å². The zero-order valence-electron chi connectivity index (χ0n) is 8.91. The summed E-state index contributed by atoms with van der Waals surface area (Å²) in [7, 11) is 2.75. The minimum Gasteiger partial charge on any atom is -0.495 e. The molecular weight excluding hydrogens is 274 g/mol. The fourth-order valence-electron chi connectivity index (χ4n) is 1.37. The van der Waals surface area contributed by atoms with Gasteiger partial charge in [0, 0.05) is 10.9 Å². The molecule has 4 nitrogen and oxygen atoms in total. The Morgan fingerprint density at radius 2 is 2.19 bits per heavy atom. The molecule has 1 aromatic rings. The Balaban J connectivity index is 3.44. The summed E-state index contributed by atoms with van der Waals surface area (Å²) in [5.74, 6) is -0.105. The molecule has 0 heterocycles. The van der Waals surface area contributed by atoms with Crippen LogP contribution in [-0.2, 0) is 10.1 Å². The Bertz CT molecular complexity index is 451. The first-order valence-corrected chi connectivity index (χ1v) is 5.56. The highest BCUT2D eigenvalue weighted by atomic mass is 79.9. The number of alkyl halides is 1. The van der Waals surface area contributed by atoms with Crippen LogP contribution in [0.4, 0.5) is 0 Å². The van der Waals surface area contributed by atoms with Crippen molar-refractivity contribution >= 4 is 21.9 Å². The van der Waals surface area contributed by atoms with Crippen LogP contribution in [0, 0.1) is 11.3 Å². The first-order valence-electron chi connectivity index (χ1n) is 4.43. The van der Waals surface area contributed by atoms with E-state index in [0.717, 1.165) is 0 Å². The molecule has 0 saturated carbocycles. The number of nitriles is 1. The normalized spacial score (nSPS) is 9.38. The summed E-state index contributed by atoms with van der Waals surface area (Å²) >= 11 is 3.26. The van der Waals surface area contributed by atoms with Gasteiger partial charge >= 0.3 is 5.97 Å². The third kappa shape index (κ3) is 2.17. The fraction of sp³-hybridized carbons (Fsp3) is 0.273. The first kappa shape index (κ1) is 12.5. The van der Waals surface area contributed by atoms with Crippen LogP contribution < -0.4 is 4.74 Å². The number of halogens is 1. The molecule has 5 heteroatoms. The quantitative estimate of drug-likeness (QED) is 0.631. The predicted molar refractivity (Wildman–Crippen MR) is 61.7 cm³/mol. The van der Waals surface area contributed by atoms with Gasteiger partial charge in [0.2, 0.25) is 0 Å². The van der Waals surface area contributed by atoms with Crippen molar-refractivity contribution in [2.75, 3.05) is 14.2 Å². The highest BCUT2D eigenvalue weighted by Crippen LogP contribution is 2.29. The van der Waals surface area contributed by atoms with Crippen molar-refractivity contribution in [3.8, 4) is 11.8 Å². The van der Waals surface area contributed by atoms with Crippen molar-refractivity contribution in [2.24, 2.45) is 0 Å². The lowest BCUT2D eigenvalue weighted by Gasteiger charge is -2.11. The third-order valence-corrected chi connectivity index (χ3v) is 2.68. The zero-order valence-corrected chi connectivity index (χ0v) is 10.5. The van der Waals surface area contributed by atoms with Crippen molar-refractivity contribution in [3.05, 3.63) is 28.8 Å². The van der Waals surface area contributed by atoms with Crippen LogP contribution in [-0.4, -0.2) is 20.2 Å². The maximum Gasteiger partial charge on any atom is 0.341 e. The lowest BCUT2D eigenvalue weighted by molar-refractivity contribution is 0.0597.